The fourth-order valence-corrected chi connectivity index (χ4v) is 5.08. The van der Waals surface area contributed by atoms with E-state index in [0.717, 1.165) is 71.2 Å². The summed E-state index contributed by atoms with van der Waals surface area (Å²) in [6.45, 7) is 0. The third kappa shape index (κ3) is 1.78. The number of fused-ring (bicyclic) bond motifs is 14. The minimum atomic E-state index is 0.817. The van der Waals surface area contributed by atoms with Crippen LogP contribution in [0.25, 0.3) is 71.2 Å². The van der Waals surface area contributed by atoms with E-state index in [9.17, 15) is 0 Å². The van der Waals surface area contributed by atoms with Gasteiger partial charge >= 0.3 is 0 Å². The lowest BCUT2D eigenvalue weighted by Crippen LogP contribution is -1.91. The summed E-state index contributed by atoms with van der Waals surface area (Å²) in [5.74, 6) is 0. The maximum Gasteiger partial charge on any atom is 0.147 e. The normalized spacial score (nSPS) is 12.5. The lowest BCUT2D eigenvalue weighted by atomic mass is 10.0. The van der Waals surface area contributed by atoms with Crippen molar-refractivity contribution < 1.29 is 8.83 Å². The van der Waals surface area contributed by atoms with Gasteiger partial charge in [0.2, 0.25) is 0 Å². The van der Waals surface area contributed by atoms with E-state index in [4.69, 9.17) is 8.83 Å². The van der Waals surface area contributed by atoms with Crippen molar-refractivity contribution in [2.24, 2.45) is 0 Å². The van der Waals surface area contributed by atoms with Crippen LogP contribution >= 0.6 is 0 Å². The highest BCUT2D eigenvalue weighted by Gasteiger charge is 2.20. The fraction of sp³-hybridized carbons (Fsp3) is 0. The van der Waals surface area contributed by atoms with Crippen molar-refractivity contribution in [3.05, 3.63) is 79.4 Å². The maximum absolute atomic E-state index is 6.37. The molecule has 5 heteroatoms. The van der Waals surface area contributed by atoms with Crippen LogP contribution in [0.1, 0.15) is 0 Å². The minimum Gasteiger partial charge on any atom is -0.456 e. The van der Waals surface area contributed by atoms with Gasteiger partial charge in [-0.15, -0.1) is 0 Å². The average Bonchev–Trinajstić information content (AvgIpc) is 3.53. The predicted molar refractivity (Wildman–Crippen MR) is 123 cm³/mol. The monoisotopic (exact) mass is 399 g/mol. The summed E-state index contributed by atoms with van der Waals surface area (Å²) in [5, 5.41) is 7.46. The van der Waals surface area contributed by atoms with Crippen LogP contribution < -0.4 is 0 Å². The third-order valence-corrected chi connectivity index (χ3v) is 6.36. The molecule has 8 rings (SSSR count). The van der Waals surface area contributed by atoms with Gasteiger partial charge < -0.3 is 8.83 Å². The number of benzene rings is 3. The number of furan rings is 2. The first-order chi connectivity index (χ1) is 15.4. The molecule has 5 nitrogen and oxygen atoms in total. The van der Waals surface area contributed by atoms with Gasteiger partial charge in [-0.3, -0.25) is 9.38 Å². The zero-order chi connectivity index (χ0) is 20.1. The van der Waals surface area contributed by atoms with Crippen LogP contribution in [0.3, 0.4) is 0 Å². The Hall–Kier alpha value is -4.38. The molecule has 0 atom stereocenters. The molecule has 0 saturated heterocycles. The largest absolute Gasteiger partial charge is 0.456 e. The number of imidazole rings is 1. The Morgan fingerprint density at radius 3 is 2.55 bits per heavy atom. The number of hydrogen-bond acceptors (Lipinski definition) is 4. The highest BCUT2D eigenvalue weighted by Crippen LogP contribution is 2.43. The molecule has 0 fully saturated rings. The van der Waals surface area contributed by atoms with E-state index in [1.165, 1.54) is 0 Å². The molecule has 0 unspecified atom stereocenters. The smallest absolute Gasteiger partial charge is 0.147 e. The number of aromatic nitrogens is 3. The fourth-order valence-electron chi connectivity index (χ4n) is 5.08. The topological polar surface area (TPSA) is 56.5 Å². The molecule has 0 radical (unpaired) electrons. The van der Waals surface area contributed by atoms with Crippen molar-refractivity contribution in [3.63, 3.8) is 0 Å². The molecule has 0 saturated carbocycles. The van der Waals surface area contributed by atoms with Crippen LogP contribution in [0.4, 0.5) is 0 Å². The number of pyridine rings is 2. The molecular weight excluding hydrogens is 386 g/mol. The summed E-state index contributed by atoms with van der Waals surface area (Å²) >= 11 is 0. The highest BCUT2D eigenvalue weighted by molar-refractivity contribution is 6.32. The van der Waals surface area contributed by atoms with E-state index in [1.807, 2.05) is 61.2 Å². The molecule has 31 heavy (non-hydrogen) atoms. The Kier molecular flexibility index (Phi) is 2.60. The van der Waals surface area contributed by atoms with Crippen LogP contribution in [-0.4, -0.2) is 14.4 Å². The van der Waals surface area contributed by atoms with E-state index in [1.54, 1.807) is 0 Å². The van der Waals surface area contributed by atoms with Crippen molar-refractivity contribution in [3.8, 4) is 0 Å². The molecule has 0 aliphatic heterocycles. The van der Waals surface area contributed by atoms with Crippen LogP contribution in [-0.2, 0) is 0 Å². The van der Waals surface area contributed by atoms with Crippen molar-refractivity contribution in [1.29, 1.82) is 0 Å². The quantitative estimate of drug-likeness (QED) is 0.262. The van der Waals surface area contributed by atoms with Crippen LogP contribution in [0.15, 0.2) is 88.2 Å². The Labute approximate surface area is 174 Å². The molecule has 0 N–H and O–H groups in total. The lowest BCUT2D eigenvalue weighted by molar-refractivity contribution is 0.663. The van der Waals surface area contributed by atoms with Gasteiger partial charge in [-0.25, -0.2) is 4.98 Å². The number of nitrogens with zero attached hydrogens (tertiary/aromatic N) is 3. The molecule has 0 aliphatic rings. The van der Waals surface area contributed by atoms with Gasteiger partial charge in [0.15, 0.2) is 0 Å². The zero-order valence-electron chi connectivity index (χ0n) is 16.2. The lowest BCUT2D eigenvalue weighted by Gasteiger charge is -2.08. The molecule has 8 aromatic rings. The molecule has 5 heterocycles. The van der Waals surface area contributed by atoms with E-state index in [0.29, 0.717) is 0 Å². The minimum absolute atomic E-state index is 0.817. The van der Waals surface area contributed by atoms with Crippen LogP contribution in [0, 0.1) is 0 Å². The number of rotatable bonds is 0. The second-order valence-corrected chi connectivity index (χ2v) is 7.89. The van der Waals surface area contributed by atoms with Gasteiger partial charge in [-0.2, -0.15) is 0 Å². The third-order valence-electron chi connectivity index (χ3n) is 6.36. The van der Waals surface area contributed by atoms with E-state index >= 15 is 0 Å². The molecule has 0 spiro atoms. The van der Waals surface area contributed by atoms with Crippen LogP contribution in [0.5, 0.6) is 0 Å². The van der Waals surface area contributed by atoms with Gasteiger partial charge in [0.1, 0.15) is 28.0 Å². The Morgan fingerprint density at radius 2 is 1.55 bits per heavy atom. The summed E-state index contributed by atoms with van der Waals surface area (Å²) in [5.41, 5.74) is 5.37. The SMILES string of the molecule is c1ccc2c(c1)oc1c2ccc2oc3ccc4c(c5cnccc5c5nccn45)c3c21. The van der Waals surface area contributed by atoms with Gasteiger partial charge in [0.25, 0.3) is 0 Å². The molecule has 5 aromatic heterocycles. The van der Waals surface area contributed by atoms with Gasteiger partial charge in [0, 0.05) is 57.1 Å². The van der Waals surface area contributed by atoms with Crippen LogP contribution in [0.2, 0.25) is 0 Å². The molecule has 144 valence electrons. The molecule has 0 amide bonds. The van der Waals surface area contributed by atoms with Crippen molar-refractivity contribution in [1.82, 2.24) is 14.4 Å². The second kappa shape index (κ2) is 5.21. The highest BCUT2D eigenvalue weighted by atomic mass is 16.3. The molecule has 0 bridgehead atoms. The molecule has 0 aliphatic carbocycles. The number of para-hydroxylation sites is 1. The van der Waals surface area contributed by atoms with Crippen molar-refractivity contribution in [2.45, 2.75) is 0 Å². The maximum atomic E-state index is 6.37. The summed E-state index contributed by atoms with van der Waals surface area (Å²) in [6, 6.07) is 18.4. The predicted octanol–water partition coefficient (Wildman–Crippen LogP) is 6.83. The standard InChI is InChI=1S/C26H13N3O2/c1-2-4-19-14(3-1)15-5-7-21-24(25(15)31-19)23-20(30-21)8-6-18-22(23)17-13-27-10-9-16(17)26-28-11-12-29(18)26/h1-13H. The average molecular weight is 399 g/mol. The summed E-state index contributed by atoms with van der Waals surface area (Å²) < 4.78 is 14.8. The van der Waals surface area contributed by atoms with E-state index < -0.39 is 0 Å². The van der Waals surface area contributed by atoms with E-state index in [2.05, 4.69) is 32.6 Å². The van der Waals surface area contributed by atoms with E-state index in [-0.39, 0.29) is 0 Å². The van der Waals surface area contributed by atoms with Crippen molar-refractivity contribution >= 4 is 71.2 Å². The summed E-state index contributed by atoms with van der Waals surface area (Å²) in [7, 11) is 0. The van der Waals surface area contributed by atoms with Crippen molar-refractivity contribution in [2.75, 3.05) is 0 Å². The zero-order valence-corrected chi connectivity index (χ0v) is 16.2. The Bertz CT molecular complexity index is 2010. The van der Waals surface area contributed by atoms with Gasteiger partial charge in [-0.1, -0.05) is 18.2 Å². The Balaban J connectivity index is 1.75. The molecule has 3 aromatic carbocycles. The number of hydrogen-bond donors (Lipinski definition) is 0. The van der Waals surface area contributed by atoms with Gasteiger partial charge in [0.05, 0.1) is 10.9 Å². The first-order valence-electron chi connectivity index (χ1n) is 10.2. The first-order valence-corrected chi connectivity index (χ1v) is 10.2. The Morgan fingerprint density at radius 1 is 0.645 bits per heavy atom. The summed E-state index contributed by atoms with van der Waals surface area (Å²) in [6.07, 6.45) is 7.57. The van der Waals surface area contributed by atoms with Gasteiger partial charge in [-0.05, 0) is 36.4 Å². The molecular formula is C26H13N3O2. The first kappa shape index (κ1) is 15.5. The summed E-state index contributed by atoms with van der Waals surface area (Å²) in [4.78, 5) is 9.03. The second-order valence-electron chi connectivity index (χ2n) is 7.89.